The number of carbonyl (C=O) groups is 2. The van der Waals surface area contributed by atoms with Crippen LogP contribution in [0.15, 0.2) is 35.5 Å². The van der Waals surface area contributed by atoms with Crippen LogP contribution in [0, 0.1) is 0 Å². The topological polar surface area (TPSA) is 78.9 Å². The van der Waals surface area contributed by atoms with Gasteiger partial charge < -0.3 is 15.2 Å². The Kier molecular flexibility index (Phi) is 4.16. The molecule has 2 amide bonds. The highest BCUT2D eigenvalue weighted by Crippen LogP contribution is 2.30. The average molecular weight is 290 g/mol. The minimum Gasteiger partial charge on any atom is -0.508 e. The van der Waals surface area contributed by atoms with E-state index in [9.17, 15) is 14.7 Å². The first-order valence-corrected chi connectivity index (χ1v) is 6.66. The van der Waals surface area contributed by atoms with Gasteiger partial charge in [-0.2, -0.15) is 0 Å². The van der Waals surface area contributed by atoms with E-state index in [4.69, 9.17) is 4.74 Å². The van der Waals surface area contributed by atoms with E-state index in [1.807, 2.05) is 0 Å². The number of nitrogens with zero attached hydrogens (tertiary/aromatic N) is 1. The van der Waals surface area contributed by atoms with Crippen molar-refractivity contribution in [2.75, 3.05) is 13.7 Å². The van der Waals surface area contributed by atoms with Crippen molar-refractivity contribution in [1.82, 2.24) is 10.2 Å². The number of phenols is 1. The van der Waals surface area contributed by atoms with Crippen molar-refractivity contribution >= 4 is 12.0 Å². The average Bonchev–Trinajstić information content (AvgIpc) is 2.44. The lowest BCUT2D eigenvalue weighted by molar-refractivity contribution is -0.140. The number of aromatic hydroxyl groups is 1. The smallest absolute Gasteiger partial charge is 0.355 e. The lowest BCUT2D eigenvalue weighted by atomic mass is 9.96. The molecule has 1 aliphatic heterocycles. The van der Waals surface area contributed by atoms with Crippen molar-refractivity contribution in [1.29, 1.82) is 0 Å². The number of phenolic OH excluding ortho intramolecular Hbond substituents is 1. The Labute approximate surface area is 123 Å². The molecular formula is C15H18N2O4. The van der Waals surface area contributed by atoms with Crippen LogP contribution in [0.3, 0.4) is 0 Å². The van der Waals surface area contributed by atoms with Crippen LogP contribution in [0.5, 0.6) is 5.75 Å². The second-order valence-electron chi connectivity index (χ2n) is 4.79. The molecule has 1 heterocycles. The Morgan fingerprint density at radius 3 is 2.57 bits per heavy atom. The number of urea groups is 1. The van der Waals surface area contributed by atoms with Crippen LogP contribution in [-0.2, 0) is 9.53 Å². The second-order valence-corrected chi connectivity index (χ2v) is 4.79. The molecule has 1 aliphatic rings. The van der Waals surface area contributed by atoms with Gasteiger partial charge in [-0.1, -0.05) is 12.1 Å². The van der Waals surface area contributed by atoms with E-state index in [1.165, 1.54) is 24.1 Å². The van der Waals surface area contributed by atoms with E-state index in [1.54, 1.807) is 26.0 Å². The molecule has 6 nitrogen and oxygen atoms in total. The zero-order chi connectivity index (χ0) is 15.6. The number of amides is 2. The van der Waals surface area contributed by atoms with Crippen LogP contribution >= 0.6 is 0 Å². The summed E-state index contributed by atoms with van der Waals surface area (Å²) in [6.45, 7) is 3.74. The second kappa shape index (κ2) is 5.87. The molecule has 1 aromatic carbocycles. The van der Waals surface area contributed by atoms with Gasteiger partial charge in [0.05, 0.1) is 12.6 Å². The molecule has 0 spiro atoms. The van der Waals surface area contributed by atoms with E-state index >= 15 is 0 Å². The first kappa shape index (κ1) is 14.9. The molecule has 112 valence electrons. The fraction of sp³-hybridized carbons (Fsp3) is 0.333. The third-order valence-electron chi connectivity index (χ3n) is 3.41. The van der Waals surface area contributed by atoms with E-state index < -0.39 is 12.0 Å². The van der Waals surface area contributed by atoms with E-state index in [-0.39, 0.29) is 24.1 Å². The number of benzene rings is 1. The van der Waals surface area contributed by atoms with Gasteiger partial charge in [0.15, 0.2) is 0 Å². The molecular weight excluding hydrogens is 272 g/mol. The number of nitrogens with one attached hydrogen (secondary N) is 1. The van der Waals surface area contributed by atoms with Crippen LogP contribution in [0.4, 0.5) is 4.79 Å². The third kappa shape index (κ3) is 2.84. The Morgan fingerprint density at radius 2 is 2.00 bits per heavy atom. The van der Waals surface area contributed by atoms with Crippen LogP contribution in [-0.4, -0.2) is 35.7 Å². The summed E-state index contributed by atoms with van der Waals surface area (Å²) in [7, 11) is 1.53. The Bertz CT molecular complexity index is 592. The molecule has 0 fully saturated rings. The highest BCUT2D eigenvalue weighted by atomic mass is 16.5. The van der Waals surface area contributed by atoms with Crippen molar-refractivity contribution in [2.45, 2.75) is 19.9 Å². The third-order valence-corrected chi connectivity index (χ3v) is 3.41. The summed E-state index contributed by atoms with van der Waals surface area (Å²) in [6.07, 6.45) is 0. The highest BCUT2D eigenvalue weighted by Gasteiger charge is 2.33. The molecule has 0 radical (unpaired) electrons. The summed E-state index contributed by atoms with van der Waals surface area (Å²) in [5, 5.41) is 12.2. The number of hydrogen-bond acceptors (Lipinski definition) is 4. The van der Waals surface area contributed by atoms with Crippen LogP contribution in [0.1, 0.15) is 25.5 Å². The zero-order valence-corrected chi connectivity index (χ0v) is 12.2. The molecule has 1 atom stereocenters. The Balaban J connectivity index is 2.44. The van der Waals surface area contributed by atoms with E-state index in [0.717, 1.165) is 5.56 Å². The summed E-state index contributed by atoms with van der Waals surface area (Å²) in [5.41, 5.74) is 1.73. The molecule has 2 N–H and O–H groups in total. The Hall–Kier alpha value is -2.50. The summed E-state index contributed by atoms with van der Waals surface area (Å²) in [4.78, 5) is 25.3. The fourth-order valence-corrected chi connectivity index (χ4v) is 2.33. The number of esters is 1. The molecule has 21 heavy (non-hydrogen) atoms. The normalized spacial score (nSPS) is 18.5. The fourth-order valence-electron chi connectivity index (χ4n) is 2.33. The minimum absolute atomic E-state index is 0.144. The van der Waals surface area contributed by atoms with Gasteiger partial charge >= 0.3 is 12.0 Å². The number of carbonyl (C=O) groups excluding carboxylic acids is 2. The van der Waals surface area contributed by atoms with Gasteiger partial charge in [-0.3, -0.25) is 4.90 Å². The summed E-state index contributed by atoms with van der Waals surface area (Å²) >= 11 is 0. The molecule has 1 unspecified atom stereocenters. The van der Waals surface area contributed by atoms with Gasteiger partial charge in [0.2, 0.25) is 0 Å². The van der Waals surface area contributed by atoms with E-state index in [2.05, 4.69) is 5.32 Å². The lowest BCUT2D eigenvalue weighted by Gasteiger charge is -2.33. The quantitative estimate of drug-likeness (QED) is 0.834. The molecule has 2 rings (SSSR count). The largest absolute Gasteiger partial charge is 0.508 e. The molecule has 0 aliphatic carbocycles. The number of hydrogen-bond donors (Lipinski definition) is 2. The molecule has 0 saturated heterocycles. The predicted octanol–water partition coefficient (Wildman–Crippen LogP) is 1.93. The van der Waals surface area contributed by atoms with Crippen molar-refractivity contribution in [3.05, 3.63) is 41.1 Å². The maximum atomic E-state index is 12.1. The maximum absolute atomic E-state index is 12.1. The van der Waals surface area contributed by atoms with Gasteiger partial charge in [0.1, 0.15) is 11.4 Å². The molecule has 1 aromatic rings. The van der Waals surface area contributed by atoms with Gasteiger partial charge in [-0.25, -0.2) is 9.59 Å². The van der Waals surface area contributed by atoms with Gasteiger partial charge in [-0.05, 0) is 37.1 Å². The molecule has 0 bridgehead atoms. The lowest BCUT2D eigenvalue weighted by Crippen LogP contribution is -2.46. The van der Waals surface area contributed by atoms with Crippen LogP contribution in [0.25, 0.3) is 0 Å². The maximum Gasteiger partial charge on any atom is 0.355 e. The number of rotatable bonds is 3. The number of likely N-dealkylation sites (N-methyl/N-ethyl adjacent to an activating group) is 1. The zero-order valence-electron chi connectivity index (χ0n) is 12.2. The standard InChI is InChI=1S/C15H18N2O4/c1-4-21-14(19)13-9(2)12(16-15(20)17(13)3)10-5-7-11(18)8-6-10/h5-8,12,18H,4H2,1-3H3,(H,16,20). The van der Waals surface area contributed by atoms with Crippen molar-refractivity contribution in [3.8, 4) is 5.75 Å². The molecule has 6 heteroatoms. The van der Waals surface area contributed by atoms with Gasteiger partial charge in [0.25, 0.3) is 0 Å². The van der Waals surface area contributed by atoms with Crippen molar-refractivity contribution in [3.63, 3.8) is 0 Å². The molecule has 0 aromatic heterocycles. The SMILES string of the molecule is CCOC(=O)C1=C(C)C(c2ccc(O)cc2)NC(=O)N1C. The van der Waals surface area contributed by atoms with Crippen LogP contribution < -0.4 is 5.32 Å². The number of ether oxygens (including phenoxy) is 1. The molecule has 0 saturated carbocycles. The first-order valence-electron chi connectivity index (χ1n) is 6.66. The van der Waals surface area contributed by atoms with Crippen LogP contribution in [0.2, 0.25) is 0 Å². The van der Waals surface area contributed by atoms with Crippen molar-refractivity contribution < 1.29 is 19.4 Å². The van der Waals surface area contributed by atoms with E-state index in [0.29, 0.717) is 5.57 Å². The monoisotopic (exact) mass is 290 g/mol. The minimum atomic E-state index is -0.517. The van der Waals surface area contributed by atoms with Gasteiger partial charge in [-0.15, -0.1) is 0 Å². The summed E-state index contributed by atoms with van der Waals surface area (Å²) in [6, 6.07) is 5.69. The van der Waals surface area contributed by atoms with Gasteiger partial charge in [0, 0.05) is 7.05 Å². The summed E-state index contributed by atoms with van der Waals surface area (Å²) < 4.78 is 5.02. The summed E-state index contributed by atoms with van der Waals surface area (Å²) in [5.74, 6) is -0.374. The first-order chi connectivity index (χ1) is 9.95. The Morgan fingerprint density at radius 1 is 1.38 bits per heavy atom. The predicted molar refractivity (Wildman–Crippen MR) is 76.5 cm³/mol. The highest BCUT2D eigenvalue weighted by molar-refractivity contribution is 5.96. The van der Waals surface area contributed by atoms with Crippen molar-refractivity contribution in [2.24, 2.45) is 0 Å².